The second kappa shape index (κ2) is 4.51. The summed E-state index contributed by atoms with van der Waals surface area (Å²) in [5, 5.41) is 0.0656. The molecule has 0 radical (unpaired) electrons. The van der Waals surface area contributed by atoms with E-state index < -0.39 is 10.0 Å². The molecule has 1 fully saturated rings. The van der Waals surface area contributed by atoms with Crippen LogP contribution in [0.4, 0.5) is 0 Å². The molecular weight excluding hydrogens is 238 g/mol. The molecule has 0 aliphatic heterocycles. The third-order valence-electron chi connectivity index (χ3n) is 2.71. The number of aryl methyl sites for hydroxylation is 1. The number of nitrogens with zero attached hydrogens (tertiary/aromatic N) is 3. The van der Waals surface area contributed by atoms with Gasteiger partial charge in [0, 0.05) is 19.8 Å². The second-order valence-electron chi connectivity index (χ2n) is 4.32. The molecule has 1 aliphatic rings. The van der Waals surface area contributed by atoms with Crippen LogP contribution in [0.5, 0.6) is 0 Å². The summed E-state index contributed by atoms with van der Waals surface area (Å²) in [5.74, 6) is 2.86. The van der Waals surface area contributed by atoms with Crippen LogP contribution >= 0.6 is 0 Å². The van der Waals surface area contributed by atoms with E-state index in [9.17, 15) is 8.42 Å². The number of hydrogen-bond acceptors (Lipinski definition) is 3. The van der Waals surface area contributed by atoms with Crippen LogP contribution in [-0.4, -0.2) is 35.4 Å². The Morgan fingerprint density at radius 3 is 2.82 bits per heavy atom. The summed E-state index contributed by atoms with van der Waals surface area (Å²) < 4.78 is 27.5. The van der Waals surface area contributed by atoms with Crippen molar-refractivity contribution >= 4 is 10.0 Å². The fourth-order valence-corrected chi connectivity index (χ4v) is 2.99. The van der Waals surface area contributed by atoms with Gasteiger partial charge < -0.3 is 4.57 Å². The normalized spacial score (nSPS) is 16.1. The van der Waals surface area contributed by atoms with Gasteiger partial charge in [-0.3, -0.25) is 0 Å². The largest absolute Gasteiger partial charge is 0.339 e. The molecule has 0 saturated heterocycles. The van der Waals surface area contributed by atoms with E-state index in [0.717, 1.165) is 12.8 Å². The first-order valence-corrected chi connectivity index (χ1v) is 6.89. The molecule has 1 heterocycles. The van der Waals surface area contributed by atoms with Crippen molar-refractivity contribution < 1.29 is 8.42 Å². The highest BCUT2D eigenvalue weighted by atomic mass is 32.2. The lowest BCUT2D eigenvalue weighted by Gasteiger charge is -2.17. The Kier molecular flexibility index (Phi) is 3.22. The zero-order valence-electron chi connectivity index (χ0n) is 9.70. The zero-order valence-corrected chi connectivity index (χ0v) is 10.5. The minimum absolute atomic E-state index is 0.0656. The quantitative estimate of drug-likeness (QED) is 0.716. The van der Waals surface area contributed by atoms with Crippen molar-refractivity contribution in [2.24, 2.45) is 13.0 Å². The van der Waals surface area contributed by atoms with E-state index in [2.05, 4.69) is 10.9 Å². The van der Waals surface area contributed by atoms with Crippen molar-refractivity contribution in [3.8, 4) is 12.3 Å². The number of sulfonamides is 1. The molecule has 1 aromatic heterocycles. The average Bonchev–Trinajstić information content (AvgIpc) is 2.98. The predicted octanol–water partition coefficient (Wildman–Crippen LogP) is 0.454. The predicted molar refractivity (Wildman–Crippen MR) is 63.5 cm³/mol. The summed E-state index contributed by atoms with van der Waals surface area (Å²) in [6, 6.07) is 0. The molecule has 1 saturated carbocycles. The maximum absolute atomic E-state index is 12.3. The molecule has 1 aromatic rings. The number of terminal acetylenes is 1. The number of rotatable bonds is 5. The molecule has 17 heavy (non-hydrogen) atoms. The fourth-order valence-electron chi connectivity index (χ4n) is 1.59. The van der Waals surface area contributed by atoms with Gasteiger partial charge in [0.1, 0.15) is 0 Å². The van der Waals surface area contributed by atoms with Crippen molar-refractivity contribution in [3.05, 3.63) is 12.5 Å². The molecule has 5 nitrogen and oxygen atoms in total. The minimum atomic E-state index is -3.54. The highest BCUT2D eigenvalue weighted by Gasteiger charge is 2.32. The van der Waals surface area contributed by atoms with E-state index in [-0.39, 0.29) is 11.6 Å². The topological polar surface area (TPSA) is 55.2 Å². The van der Waals surface area contributed by atoms with Crippen molar-refractivity contribution in [2.45, 2.75) is 17.9 Å². The van der Waals surface area contributed by atoms with Crippen LogP contribution in [0.2, 0.25) is 0 Å². The number of aromatic nitrogens is 2. The Bertz CT molecular complexity index is 537. The molecule has 92 valence electrons. The van der Waals surface area contributed by atoms with Crippen LogP contribution in [0.3, 0.4) is 0 Å². The summed E-state index contributed by atoms with van der Waals surface area (Å²) in [7, 11) is -1.80. The average molecular weight is 253 g/mol. The van der Waals surface area contributed by atoms with Crippen LogP contribution < -0.4 is 0 Å². The van der Waals surface area contributed by atoms with Crippen molar-refractivity contribution in [1.82, 2.24) is 13.9 Å². The first-order chi connectivity index (χ1) is 8.04. The Morgan fingerprint density at radius 2 is 2.35 bits per heavy atom. The Balaban J connectivity index is 2.24. The lowest BCUT2D eigenvalue weighted by atomic mass is 10.4. The van der Waals surface area contributed by atoms with E-state index in [0.29, 0.717) is 12.5 Å². The summed E-state index contributed by atoms with van der Waals surface area (Å²) >= 11 is 0. The molecule has 0 N–H and O–H groups in total. The number of imidazole rings is 1. The van der Waals surface area contributed by atoms with Gasteiger partial charge in [0.05, 0.1) is 12.9 Å². The van der Waals surface area contributed by atoms with Gasteiger partial charge in [-0.15, -0.1) is 6.42 Å². The standard InChI is InChI=1S/C11H15N3O2S/c1-3-6-14(7-10-4-5-10)17(15,16)11-8-13(2)9-12-11/h1,8-10H,4-7H2,2H3. The first-order valence-electron chi connectivity index (χ1n) is 5.45. The first kappa shape index (κ1) is 12.1. The van der Waals surface area contributed by atoms with Gasteiger partial charge in [0.15, 0.2) is 5.03 Å². The van der Waals surface area contributed by atoms with E-state index in [4.69, 9.17) is 6.42 Å². The second-order valence-corrected chi connectivity index (χ2v) is 6.21. The van der Waals surface area contributed by atoms with Crippen LogP contribution in [0.1, 0.15) is 12.8 Å². The van der Waals surface area contributed by atoms with Gasteiger partial charge in [-0.2, -0.15) is 4.31 Å². The Morgan fingerprint density at radius 1 is 1.65 bits per heavy atom. The van der Waals surface area contributed by atoms with E-state index in [1.54, 1.807) is 11.6 Å². The molecule has 0 atom stereocenters. The molecule has 0 aromatic carbocycles. The van der Waals surface area contributed by atoms with E-state index in [1.165, 1.54) is 16.8 Å². The molecule has 6 heteroatoms. The fraction of sp³-hybridized carbons (Fsp3) is 0.545. The third kappa shape index (κ3) is 2.68. The smallest absolute Gasteiger partial charge is 0.262 e. The van der Waals surface area contributed by atoms with Crippen LogP contribution in [0.25, 0.3) is 0 Å². The zero-order chi connectivity index (χ0) is 12.5. The Labute approximate surface area is 102 Å². The number of hydrogen-bond donors (Lipinski definition) is 0. The monoisotopic (exact) mass is 253 g/mol. The van der Waals surface area contributed by atoms with Crippen LogP contribution in [0, 0.1) is 18.3 Å². The molecule has 0 unspecified atom stereocenters. The van der Waals surface area contributed by atoms with Gasteiger partial charge in [0.2, 0.25) is 0 Å². The van der Waals surface area contributed by atoms with E-state index in [1.807, 2.05) is 0 Å². The summed E-state index contributed by atoms with van der Waals surface area (Å²) in [5.41, 5.74) is 0. The maximum atomic E-state index is 12.3. The lowest BCUT2D eigenvalue weighted by molar-refractivity contribution is 0.428. The van der Waals surface area contributed by atoms with Gasteiger partial charge >= 0.3 is 0 Å². The summed E-state index contributed by atoms with van der Waals surface area (Å²) in [6.45, 7) is 0.610. The molecule has 0 bridgehead atoms. The summed E-state index contributed by atoms with van der Waals surface area (Å²) in [6.07, 6.45) is 10.4. The van der Waals surface area contributed by atoms with Gasteiger partial charge in [-0.05, 0) is 18.8 Å². The molecular formula is C11H15N3O2S. The van der Waals surface area contributed by atoms with Gasteiger partial charge in [-0.1, -0.05) is 5.92 Å². The van der Waals surface area contributed by atoms with Crippen molar-refractivity contribution in [2.75, 3.05) is 13.1 Å². The van der Waals surface area contributed by atoms with Gasteiger partial charge in [0.25, 0.3) is 10.0 Å². The van der Waals surface area contributed by atoms with Crippen LogP contribution in [-0.2, 0) is 17.1 Å². The van der Waals surface area contributed by atoms with Crippen molar-refractivity contribution in [1.29, 1.82) is 0 Å². The molecule has 1 aliphatic carbocycles. The minimum Gasteiger partial charge on any atom is -0.339 e. The SMILES string of the molecule is C#CCN(CC1CC1)S(=O)(=O)c1cn(C)cn1. The van der Waals surface area contributed by atoms with E-state index >= 15 is 0 Å². The molecule has 2 rings (SSSR count). The highest BCUT2D eigenvalue weighted by molar-refractivity contribution is 7.89. The maximum Gasteiger partial charge on any atom is 0.262 e. The van der Waals surface area contributed by atoms with Gasteiger partial charge in [-0.25, -0.2) is 13.4 Å². The Hall–Kier alpha value is -1.32. The third-order valence-corrected chi connectivity index (χ3v) is 4.41. The molecule has 0 spiro atoms. The van der Waals surface area contributed by atoms with Crippen LogP contribution in [0.15, 0.2) is 17.6 Å². The molecule has 0 amide bonds. The lowest BCUT2D eigenvalue weighted by Crippen LogP contribution is -2.33. The summed E-state index contributed by atoms with van der Waals surface area (Å²) in [4.78, 5) is 3.88. The van der Waals surface area contributed by atoms with Crippen molar-refractivity contribution in [3.63, 3.8) is 0 Å². The highest BCUT2D eigenvalue weighted by Crippen LogP contribution is 2.31.